The number of hydrogen-bond acceptors (Lipinski definition) is 2. The van der Waals surface area contributed by atoms with Gasteiger partial charge in [0.15, 0.2) is 0 Å². The Morgan fingerprint density at radius 2 is 1.89 bits per heavy atom. The van der Waals surface area contributed by atoms with E-state index in [-0.39, 0.29) is 11.7 Å². The zero-order chi connectivity index (χ0) is 13.5. The van der Waals surface area contributed by atoms with Crippen molar-refractivity contribution >= 4 is 0 Å². The van der Waals surface area contributed by atoms with Crippen molar-refractivity contribution in [3.8, 4) is 0 Å². The van der Waals surface area contributed by atoms with Gasteiger partial charge < -0.3 is 9.84 Å². The molecule has 2 bridgehead atoms. The third-order valence-electron chi connectivity index (χ3n) is 6.54. The van der Waals surface area contributed by atoms with Gasteiger partial charge in [0.25, 0.3) is 0 Å². The summed E-state index contributed by atoms with van der Waals surface area (Å²) < 4.78 is 5.83. The minimum Gasteiger partial charge on any atom is -0.390 e. The van der Waals surface area contributed by atoms with Crippen LogP contribution in [0.1, 0.15) is 64.7 Å². The van der Waals surface area contributed by atoms with Crippen molar-refractivity contribution in [1.29, 1.82) is 0 Å². The molecule has 0 aromatic heterocycles. The van der Waals surface area contributed by atoms with Crippen LogP contribution < -0.4 is 0 Å². The average molecular weight is 266 g/mol. The Morgan fingerprint density at radius 3 is 2.42 bits per heavy atom. The minimum absolute atomic E-state index is 0.228. The van der Waals surface area contributed by atoms with Crippen molar-refractivity contribution in [3.63, 3.8) is 0 Å². The van der Waals surface area contributed by atoms with Gasteiger partial charge in [0.05, 0.1) is 11.7 Å². The van der Waals surface area contributed by atoms with Gasteiger partial charge in [0, 0.05) is 7.11 Å². The molecule has 2 nitrogen and oxygen atoms in total. The molecule has 3 aliphatic rings. The van der Waals surface area contributed by atoms with Gasteiger partial charge in [-0.15, -0.1) is 0 Å². The fourth-order valence-corrected chi connectivity index (χ4v) is 5.09. The number of ether oxygens (including phenoxy) is 1. The second-order valence-corrected chi connectivity index (χ2v) is 7.64. The minimum atomic E-state index is -0.241. The normalized spacial score (nSPS) is 47.5. The second kappa shape index (κ2) is 5.37. The first-order chi connectivity index (χ1) is 9.13. The van der Waals surface area contributed by atoms with E-state index in [1.165, 1.54) is 38.5 Å². The Hall–Kier alpha value is -0.0800. The molecule has 0 aromatic carbocycles. The van der Waals surface area contributed by atoms with Crippen molar-refractivity contribution in [1.82, 2.24) is 0 Å². The molecule has 0 heterocycles. The summed E-state index contributed by atoms with van der Waals surface area (Å²) in [5, 5.41) is 10.8. The third-order valence-corrected chi connectivity index (χ3v) is 6.54. The molecule has 0 aliphatic heterocycles. The molecule has 3 aliphatic carbocycles. The average Bonchev–Trinajstić information content (AvgIpc) is 3.02. The van der Waals surface area contributed by atoms with Gasteiger partial charge in [-0.05, 0) is 75.0 Å². The van der Waals surface area contributed by atoms with E-state index >= 15 is 0 Å². The summed E-state index contributed by atoms with van der Waals surface area (Å²) in [6, 6.07) is 0. The first-order valence-corrected chi connectivity index (χ1v) is 8.36. The van der Waals surface area contributed by atoms with E-state index in [1.54, 1.807) is 7.11 Å². The predicted molar refractivity (Wildman–Crippen MR) is 76.9 cm³/mol. The van der Waals surface area contributed by atoms with Crippen LogP contribution in [0.4, 0.5) is 0 Å². The summed E-state index contributed by atoms with van der Waals surface area (Å²) >= 11 is 0. The molecule has 3 fully saturated rings. The lowest BCUT2D eigenvalue weighted by Crippen LogP contribution is -2.47. The third kappa shape index (κ3) is 2.58. The van der Waals surface area contributed by atoms with Crippen LogP contribution in [0.5, 0.6) is 0 Å². The Morgan fingerprint density at radius 1 is 1.16 bits per heavy atom. The Kier molecular flexibility index (Phi) is 3.92. The predicted octanol–water partition coefficient (Wildman–Crippen LogP) is 3.77. The summed E-state index contributed by atoms with van der Waals surface area (Å²) in [6.07, 6.45) is 10.9. The van der Waals surface area contributed by atoms with Crippen molar-refractivity contribution in [2.75, 3.05) is 7.11 Å². The summed E-state index contributed by atoms with van der Waals surface area (Å²) in [5.74, 6) is 3.47. The molecule has 4 atom stereocenters. The van der Waals surface area contributed by atoms with E-state index in [1.807, 2.05) is 0 Å². The highest BCUT2D eigenvalue weighted by atomic mass is 16.5. The van der Waals surface area contributed by atoms with E-state index in [9.17, 15) is 5.11 Å². The summed E-state index contributed by atoms with van der Waals surface area (Å²) in [4.78, 5) is 0. The molecule has 0 spiro atoms. The first-order valence-electron chi connectivity index (χ1n) is 8.36. The molecule has 0 amide bonds. The summed E-state index contributed by atoms with van der Waals surface area (Å²) in [5.41, 5.74) is -0.228. The fraction of sp³-hybridized carbons (Fsp3) is 1.00. The molecule has 0 aromatic rings. The van der Waals surface area contributed by atoms with Crippen LogP contribution in [0.25, 0.3) is 0 Å². The molecule has 0 radical (unpaired) electrons. The Labute approximate surface area is 117 Å². The van der Waals surface area contributed by atoms with Gasteiger partial charge in [-0.3, -0.25) is 0 Å². The van der Waals surface area contributed by atoms with Crippen molar-refractivity contribution < 1.29 is 9.84 Å². The van der Waals surface area contributed by atoms with E-state index in [4.69, 9.17) is 4.74 Å². The van der Waals surface area contributed by atoms with Gasteiger partial charge in [-0.1, -0.05) is 13.3 Å². The van der Waals surface area contributed by atoms with Crippen LogP contribution in [0.15, 0.2) is 0 Å². The van der Waals surface area contributed by atoms with Crippen molar-refractivity contribution in [2.45, 2.75) is 76.4 Å². The zero-order valence-corrected chi connectivity index (χ0v) is 12.6. The van der Waals surface area contributed by atoms with E-state index in [0.29, 0.717) is 0 Å². The standard InChI is InChI=1S/C17H30O2/c1-12-5-7-17(19-2,8-6-12)16(18)11-15-10-13-3-4-14(15)9-13/h12-16,18H,3-11H2,1-2H3. The highest BCUT2D eigenvalue weighted by Gasteiger charge is 2.45. The Bertz CT molecular complexity index is 306. The van der Waals surface area contributed by atoms with E-state index in [2.05, 4.69) is 6.92 Å². The molecule has 1 N–H and O–H groups in total. The fourth-order valence-electron chi connectivity index (χ4n) is 5.09. The second-order valence-electron chi connectivity index (χ2n) is 7.64. The van der Waals surface area contributed by atoms with Crippen molar-refractivity contribution in [3.05, 3.63) is 0 Å². The summed E-state index contributed by atoms with van der Waals surface area (Å²) in [6.45, 7) is 2.32. The maximum Gasteiger partial charge on any atom is 0.0936 e. The highest BCUT2D eigenvalue weighted by molar-refractivity contribution is 4.97. The molecule has 3 saturated carbocycles. The lowest BCUT2D eigenvalue weighted by molar-refractivity contribution is -0.135. The largest absolute Gasteiger partial charge is 0.390 e. The van der Waals surface area contributed by atoms with Gasteiger partial charge >= 0.3 is 0 Å². The van der Waals surface area contributed by atoms with Crippen molar-refractivity contribution in [2.24, 2.45) is 23.7 Å². The summed E-state index contributed by atoms with van der Waals surface area (Å²) in [7, 11) is 1.81. The van der Waals surface area contributed by atoms with Crippen LogP contribution in [0.2, 0.25) is 0 Å². The number of fused-ring (bicyclic) bond motifs is 2. The SMILES string of the molecule is COC1(C(O)CC2CC3CCC2C3)CCC(C)CC1. The molecule has 4 unspecified atom stereocenters. The van der Waals surface area contributed by atoms with Gasteiger partial charge in [0.1, 0.15) is 0 Å². The number of methoxy groups -OCH3 is 1. The number of rotatable bonds is 4. The molecule has 2 heteroatoms. The first kappa shape index (κ1) is 13.9. The van der Waals surface area contributed by atoms with Gasteiger partial charge in [-0.25, -0.2) is 0 Å². The lowest BCUT2D eigenvalue weighted by atomic mass is 9.73. The maximum absolute atomic E-state index is 10.8. The van der Waals surface area contributed by atoms with Crippen LogP contribution in [-0.4, -0.2) is 23.9 Å². The zero-order valence-electron chi connectivity index (χ0n) is 12.6. The van der Waals surface area contributed by atoms with Crippen LogP contribution in [0, 0.1) is 23.7 Å². The van der Waals surface area contributed by atoms with E-state index < -0.39 is 0 Å². The quantitative estimate of drug-likeness (QED) is 0.839. The molecule has 0 saturated heterocycles. The Balaban J connectivity index is 1.60. The van der Waals surface area contributed by atoms with Gasteiger partial charge in [0.2, 0.25) is 0 Å². The number of hydrogen-bond donors (Lipinski definition) is 1. The molecular formula is C17H30O2. The number of aliphatic hydroxyl groups is 1. The van der Waals surface area contributed by atoms with Crippen LogP contribution >= 0.6 is 0 Å². The van der Waals surface area contributed by atoms with Crippen LogP contribution in [0.3, 0.4) is 0 Å². The molecule has 19 heavy (non-hydrogen) atoms. The molecular weight excluding hydrogens is 236 g/mol. The lowest BCUT2D eigenvalue weighted by Gasteiger charge is -2.43. The maximum atomic E-state index is 10.8. The molecule has 3 rings (SSSR count). The topological polar surface area (TPSA) is 29.5 Å². The smallest absolute Gasteiger partial charge is 0.0936 e. The molecule has 110 valence electrons. The number of aliphatic hydroxyl groups excluding tert-OH is 1. The van der Waals surface area contributed by atoms with E-state index in [0.717, 1.165) is 42.9 Å². The van der Waals surface area contributed by atoms with Crippen LogP contribution in [-0.2, 0) is 4.74 Å². The van der Waals surface area contributed by atoms with Gasteiger partial charge in [-0.2, -0.15) is 0 Å². The monoisotopic (exact) mass is 266 g/mol. The highest BCUT2D eigenvalue weighted by Crippen LogP contribution is 2.51.